The molecule has 12 heavy (non-hydrogen) atoms. The molecule has 1 aromatic carbocycles. The average molecular weight is 203 g/mol. The minimum atomic E-state index is -1.42. The zero-order chi connectivity index (χ0) is 9.14. The Labute approximate surface area is 78.4 Å². The minimum Gasteiger partial charge on any atom is -0.237 e. The Kier molecular flexibility index (Phi) is 3.00. The van der Waals surface area contributed by atoms with Gasteiger partial charge in [-0.25, -0.2) is 8.78 Å². The predicted octanol–water partition coefficient (Wildman–Crippen LogP) is 1.92. The van der Waals surface area contributed by atoms with E-state index in [1.165, 1.54) is 0 Å². The van der Waals surface area contributed by atoms with Crippen molar-refractivity contribution in [3.05, 3.63) is 24.3 Å². The number of halogens is 1. The van der Waals surface area contributed by atoms with Crippen LogP contribution in [0.3, 0.4) is 0 Å². The van der Waals surface area contributed by atoms with E-state index in [1.807, 2.05) is 19.2 Å². The maximum atomic E-state index is 10.8. The lowest BCUT2D eigenvalue weighted by Crippen LogP contribution is -1.92. The largest absolute Gasteiger partial charge is 0.237 e. The Hall–Kier alpha value is -0.670. The van der Waals surface area contributed by atoms with Crippen LogP contribution in [-0.2, 0) is 10.0 Å². The molecular formula is C8H9ClNOS+. The van der Waals surface area contributed by atoms with Gasteiger partial charge in [-0.3, -0.25) is 0 Å². The van der Waals surface area contributed by atoms with Gasteiger partial charge < -0.3 is 0 Å². The summed E-state index contributed by atoms with van der Waals surface area (Å²) < 4.78 is 12.5. The summed E-state index contributed by atoms with van der Waals surface area (Å²) in [5.74, 6) is 0. The quantitative estimate of drug-likeness (QED) is 0.408. The lowest BCUT2D eigenvalue weighted by atomic mass is 10.3. The fourth-order valence-electron chi connectivity index (χ4n) is 0.808. The number of nitrogens with zero attached hydrogens (tertiary/aromatic N) is 1. The molecule has 0 spiro atoms. The molecule has 0 aliphatic heterocycles. The molecule has 0 amide bonds. The molecule has 0 aliphatic rings. The first-order chi connectivity index (χ1) is 5.61. The van der Waals surface area contributed by atoms with E-state index in [0.29, 0.717) is 4.90 Å². The molecule has 0 bridgehead atoms. The summed E-state index contributed by atoms with van der Waals surface area (Å²) in [6.07, 6.45) is 0. The van der Waals surface area contributed by atoms with E-state index in [9.17, 15) is 4.21 Å². The highest BCUT2D eigenvalue weighted by Crippen LogP contribution is 2.15. The van der Waals surface area contributed by atoms with Gasteiger partial charge in [0.25, 0.3) is 0 Å². The highest BCUT2D eigenvalue weighted by molar-refractivity contribution is 8.08. The van der Waals surface area contributed by atoms with Crippen LogP contribution in [0.2, 0.25) is 0 Å². The van der Waals surface area contributed by atoms with Gasteiger partial charge in [0, 0.05) is 12.1 Å². The molecule has 0 saturated heterocycles. The van der Waals surface area contributed by atoms with Crippen LogP contribution >= 0.6 is 10.7 Å². The molecule has 64 valence electrons. The van der Waals surface area contributed by atoms with Crippen molar-refractivity contribution in [3.63, 3.8) is 0 Å². The van der Waals surface area contributed by atoms with Crippen molar-refractivity contribution < 1.29 is 8.78 Å². The van der Waals surface area contributed by atoms with Gasteiger partial charge in [-0.2, -0.15) is 0 Å². The molecule has 0 heterocycles. The van der Waals surface area contributed by atoms with Crippen molar-refractivity contribution in [1.82, 2.24) is 0 Å². The molecule has 0 fully saturated rings. The molecule has 1 unspecified atom stereocenters. The third-order valence-electron chi connectivity index (χ3n) is 1.46. The van der Waals surface area contributed by atoms with Crippen molar-refractivity contribution in [2.75, 3.05) is 7.05 Å². The monoisotopic (exact) mass is 202 g/mol. The van der Waals surface area contributed by atoms with Gasteiger partial charge in [0.15, 0.2) is 0 Å². The van der Waals surface area contributed by atoms with Gasteiger partial charge in [-0.15, -0.1) is 0 Å². The second kappa shape index (κ2) is 3.83. The second-order valence-electron chi connectivity index (χ2n) is 2.42. The molecule has 1 rings (SSSR count). The first kappa shape index (κ1) is 9.42. The summed E-state index contributed by atoms with van der Waals surface area (Å²) in [6.45, 7) is 3.71. The lowest BCUT2D eigenvalue weighted by Gasteiger charge is -1.94. The summed E-state index contributed by atoms with van der Waals surface area (Å²) in [7, 11) is 5.80. The van der Waals surface area contributed by atoms with Crippen molar-refractivity contribution >= 4 is 33.1 Å². The summed E-state index contributed by atoms with van der Waals surface area (Å²) in [4.78, 5) is 0.613. The van der Waals surface area contributed by atoms with Crippen molar-refractivity contribution in [2.24, 2.45) is 0 Å². The third kappa shape index (κ3) is 2.16. The SMILES string of the molecule is C=[N+](C)c1ccc(S(=O)Cl)cc1. The van der Waals surface area contributed by atoms with Crippen LogP contribution in [0.25, 0.3) is 0 Å². The van der Waals surface area contributed by atoms with E-state index in [2.05, 4.69) is 6.72 Å². The molecule has 0 N–H and O–H groups in total. The van der Waals surface area contributed by atoms with Crippen molar-refractivity contribution in [2.45, 2.75) is 4.90 Å². The van der Waals surface area contributed by atoms with Gasteiger partial charge in [0.05, 0.1) is 4.90 Å². The molecule has 2 nitrogen and oxygen atoms in total. The number of benzene rings is 1. The highest BCUT2D eigenvalue weighted by atomic mass is 35.7. The van der Waals surface area contributed by atoms with E-state index in [1.54, 1.807) is 16.7 Å². The second-order valence-corrected chi connectivity index (χ2v) is 4.17. The molecule has 0 aromatic heterocycles. The Bertz CT molecular complexity index is 287. The van der Waals surface area contributed by atoms with Crippen molar-refractivity contribution in [1.29, 1.82) is 0 Å². The Balaban J connectivity index is 3.01. The molecule has 1 atom stereocenters. The van der Waals surface area contributed by atoms with E-state index < -0.39 is 10.0 Å². The number of hydrogen-bond acceptors (Lipinski definition) is 1. The van der Waals surface area contributed by atoms with Gasteiger partial charge in [0.2, 0.25) is 5.69 Å². The van der Waals surface area contributed by atoms with Crippen LogP contribution in [-0.4, -0.2) is 22.5 Å². The van der Waals surface area contributed by atoms with Crippen LogP contribution in [0.1, 0.15) is 0 Å². The van der Waals surface area contributed by atoms with E-state index in [4.69, 9.17) is 10.7 Å². The van der Waals surface area contributed by atoms with Crippen LogP contribution in [0.4, 0.5) is 5.69 Å². The van der Waals surface area contributed by atoms with Crippen LogP contribution < -0.4 is 0 Å². The smallest absolute Gasteiger partial charge is 0.204 e. The minimum absolute atomic E-state index is 0.613. The first-order valence-electron chi connectivity index (χ1n) is 3.33. The summed E-state index contributed by atoms with van der Waals surface area (Å²) in [6, 6.07) is 7.09. The van der Waals surface area contributed by atoms with E-state index >= 15 is 0 Å². The van der Waals surface area contributed by atoms with E-state index in [-0.39, 0.29) is 0 Å². The average Bonchev–Trinajstić information content (AvgIpc) is 2.04. The van der Waals surface area contributed by atoms with Crippen LogP contribution in [0.5, 0.6) is 0 Å². The van der Waals surface area contributed by atoms with Gasteiger partial charge in [-0.05, 0) is 22.8 Å². The van der Waals surface area contributed by atoms with E-state index in [0.717, 1.165) is 5.69 Å². The molecular weight excluding hydrogens is 194 g/mol. The van der Waals surface area contributed by atoms with Crippen molar-refractivity contribution in [3.8, 4) is 0 Å². The van der Waals surface area contributed by atoms with Gasteiger partial charge in [-0.1, -0.05) is 0 Å². The molecule has 0 saturated carbocycles. The Morgan fingerprint density at radius 1 is 1.42 bits per heavy atom. The van der Waals surface area contributed by atoms with Gasteiger partial charge in [0.1, 0.15) is 23.8 Å². The highest BCUT2D eigenvalue weighted by Gasteiger charge is 2.02. The number of rotatable bonds is 2. The fraction of sp³-hybridized carbons (Fsp3) is 0.125. The molecule has 0 radical (unpaired) electrons. The van der Waals surface area contributed by atoms with Crippen LogP contribution in [0, 0.1) is 0 Å². The normalized spacial score (nSPS) is 12.5. The topological polar surface area (TPSA) is 20.1 Å². The van der Waals surface area contributed by atoms with Crippen LogP contribution in [0.15, 0.2) is 29.2 Å². The first-order valence-corrected chi connectivity index (χ1v) is 5.31. The lowest BCUT2D eigenvalue weighted by molar-refractivity contribution is -0.394. The maximum Gasteiger partial charge on any atom is 0.204 e. The number of hydrogen-bond donors (Lipinski definition) is 0. The molecule has 0 aliphatic carbocycles. The Morgan fingerprint density at radius 2 is 1.92 bits per heavy atom. The molecule has 4 heteroatoms. The Morgan fingerprint density at radius 3 is 2.25 bits per heavy atom. The fourth-order valence-corrected chi connectivity index (χ4v) is 1.47. The summed E-state index contributed by atoms with van der Waals surface area (Å²) in [5.41, 5.74) is 0.959. The third-order valence-corrected chi connectivity index (χ3v) is 2.64. The summed E-state index contributed by atoms with van der Waals surface area (Å²) >= 11 is 0. The standard InChI is InChI=1S/C8H9ClNOS/c1-10(2)7-3-5-8(6-4-7)12(9)11/h3-6H,1H2,2H3/q+1. The zero-order valence-corrected chi connectivity index (χ0v) is 8.23. The van der Waals surface area contributed by atoms with Gasteiger partial charge >= 0.3 is 0 Å². The predicted molar refractivity (Wildman–Crippen MR) is 51.7 cm³/mol. The molecule has 1 aromatic rings. The zero-order valence-electron chi connectivity index (χ0n) is 6.66. The summed E-state index contributed by atoms with van der Waals surface area (Å²) in [5, 5.41) is 0. The maximum absolute atomic E-state index is 10.8.